The van der Waals surface area contributed by atoms with Gasteiger partial charge >= 0.3 is 7.60 Å². The van der Waals surface area contributed by atoms with Gasteiger partial charge in [-0.05, 0) is 17.7 Å². The Morgan fingerprint density at radius 3 is 1.93 bits per heavy atom. The van der Waals surface area contributed by atoms with E-state index in [0.29, 0.717) is 5.56 Å². The van der Waals surface area contributed by atoms with E-state index in [2.05, 4.69) is 0 Å². The smallest absolute Gasteiger partial charge is 0.324 e. The van der Waals surface area contributed by atoms with Gasteiger partial charge in [-0.2, -0.15) is 8.42 Å². The molecule has 1 aromatic carbocycles. The monoisotopic (exact) mass is 252 g/mol. The second kappa shape index (κ2) is 4.03. The lowest BCUT2D eigenvalue weighted by Crippen LogP contribution is -1.98. The van der Waals surface area contributed by atoms with Gasteiger partial charge in [0.25, 0.3) is 10.1 Å². The fraction of sp³-hybridized carbons (Fsp3) is 0.143. The molecule has 0 saturated heterocycles. The fourth-order valence-electron chi connectivity index (χ4n) is 1.00. The van der Waals surface area contributed by atoms with E-state index in [1.165, 1.54) is 12.1 Å². The lowest BCUT2D eigenvalue weighted by Gasteiger charge is -2.04. The van der Waals surface area contributed by atoms with Gasteiger partial charge in [0.05, 0.1) is 11.1 Å². The Labute approximate surface area is 86.5 Å². The third-order valence-corrected chi connectivity index (χ3v) is 3.25. The third-order valence-electron chi connectivity index (χ3n) is 1.61. The molecule has 0 saturated carbocycles. The summed E-state index contributed by atoms with van der Waals surface area (Å²) in [5.74, 6) is 0. The predicted octanol–water partition coefficient (Wildman–Crippen LogP) is 0.611. The number of hydrogen-bond donors (Lipinski definition) is 3. The molecular formula is C7H9O6PS. The van der Waals surface area contributed by atoms with Crippen molar-refractivity contribution >= 4 is 17.7 Å². The SMILES string of the molecule is O=P(O)(O)Cc1ccc(S(=O)(=O)O)cc1. The normalized spacial score (nSPS) is 12.7. The van der Waals surface area contributed by atoms with Gasteiger partial charge < -0.3 is 9.79 Å². The first kappa shape index (κ1) is 12.4. The molecule has 1 rings (SSSR count). The van der Waals surface area contributed by atoms with E-state index >= 15 is 0 Å². The molecule has 0 aliphatic carbocycles. The predicted molar refractivity (Wildman–Crippen MR) is 52.0 cm³/mol. The molecule has 1 aromatic rings. The van der Waals surface area contributed by atoms with Crippen LogP contribution in [0.25, 0.3) is 0 Å². The van der Waals surface area contributed by atoms with E-state index in [1.54, 1.807) is 0 Å². The van der Waals surface area contributed by atoms with E-state index in [4.69, 9.17) is 14.3 Å². The summed E-state index contributed by atoms with van der Waals surface area (Å²) in [4.78, 5) is 17.0. The van der Waals surface area contributed by atoms with Crippen molar-refractivity contribution in [3.8, 4) is 0 Å². The van der Waals surface area contributed by atoms with Crippen molar-refractivity contribution in [1.82, 2.24) is 0 Å². The highest BCUT2D eigenvalue weighted by molar-refractivity contribution is 7.85. The van der Waals surface area contributed by atoms with E-state index in [-0.39, 0.29) is 4.90 Å². The Hall–Kier alpha value is -0.720. The maximum Gasteiger partial charge on any atom is 0.329 e. The summed E-state index contributed by atoms with van der Waals surface area (Å²) in [5.41, 5.74) is 0.302. The lowest BCUT2D eigenvalue weighted by molar-refractivity contribution is 0.371. The summed E-state index contributed by atoms with van der Waals surface area (Å²) in [7, 11) is -8.41. The molecule has 0 fully saturated rings. The molecule has 0 aromatic heterocycles. The van der Waals surface area contributed by atoms with Crippen molar-refractivity contribution in [2.75, 3.05) is 0 Å². The Balaban J connectivity index is 2.97. The molecule has 84 valence electrons. The molecule has 8 heteroatoms. The quantitative estimate of drug-likeness (QED) is 0.536. The van der Waals surface area contributed by atoms with Gasteiger partial charge in [-0.3, -0.25) is 9.12 Å². The van der Waals surface area contributed by atoms with Crippen LogP contribution >= 0.6 is 7.60 Å². The molecule has 0 unspecified atom stereocenters. The molecule has 15 heavy (non-hydrogen) atoms. The van der Waals surface area contributed by atoms with Crippen LogP contribution in [0.4, 0.5) is 0 Å². The van der Waals surface area contributed by atoms with Gasteiger partial charge in [-0.15, -0.1) is 0 Å². The van der Waals surface area contributed by atoms with Crippen LogP contribution in [0.2, 0.25) is 0 Å². The van der Waals surface area contributed by atoms with Crippen molar-refractivity contribution in [3.05, 3.63) is 29.8 Å². The topological polar surface area (TPSA) is 112 Å². The minimum Gasteiger partial charge on any atom is -0.324 e. The summed E-state index contributed by atoms with van der Waals surface area (Å²) in [6, 6.07) is 4.64. The second-order valence-electron chi connectivity index (χ2n) is 2.94. The maximum absolute atomic E-state index is 10.6. The molecule has 0 atom stereocenters. The molecule has 0 spiro atoms. The Kier molecular flexibility index (Phi) is 3.32. The molecule has 0 radical (unpaired) electrons. The van der Waals surface area contributed by atoms with Crippen LogP contribution in [0.5, 0.6) is 0 Å². The molecule has 0 aliphatic heterocycles. The molecule has 6 nitrogen and oxygen atoms in total. The van der Waals surface area contributed by atoms with Gasteiger partial charge in [-0.1, -0.05) is 12.1 Å². The van der Waals surface area contributed by atoms with Crippen LogP contribution in [0.1, 0.15) is 5.56 Å². The van der Waals surface area contributed by atoms with E-state index in [9.17, 15) is 13.0 Å². The summed E-state index contributed by atoms with van der Waals surface area (Å²) < 4.78 is 40.5. The fourth-order valence-corrected chi connectivity index (χ4v) is 2.17. The third kappa shape index (κ3) is 4.11. The van der Waals surface area contributed by atoms with Crippen molar-refractivity contribution in [2.45, 2.75) is 11.1 Å². The first-order valence-electron chi connectivity index (χ1n) is 3.79. The molecular weight excluding hydrogens is 243 g/mol. The van der Waals surface area contributed by atoms with Crippen LogP contribution < -0.4 is 0 Å². The van der Waals surface area contributed by atoms with Gasteiger partial charge in [0.1, 0.15) is 0 Å². The maximum atomic E-state index is 10.6. The van der Waals surface area contributed by atoms with E-state index < -0.39 is 23.9 Å². The van der Waals surface area contributed by atoms with Crippen LogP contribution in [-0.2, 0) is 20.8 Å². The summed E-state index contributed by atoms with van der Waals surface area (Å²) in [6.07, 6.45) is -0.460. The van der Waals surface area contributed by atoms with E-state index in [0.717, 1.165) is 12.1 Å². The molecule has 0 aliphatic rings. The van der Waals surface area contributed by atoms with Crippen LogP contribution in [0.15, 0.2) is 29.2 Å². The van der Waals surface area contributed by atoms with Crippen LogP contribution in [0, 0.1) is 0 Å². The minimum absolute atomic E-state index is 0.302. The zero-order valence-electron chi connectivity index (χ0n) is 7.44. The first-order chi connectivity index (χ1) is 6.68. The Morgan fingerprint density at radius 2 is 1.60 bits per heavy atom. The zero-order chi connectivity index (χ0) is 11.7. The second-order valence-corrected chi connectivity index (χ2v) is 6.01. The molecule has 0 bridgehead atoms. The van der Waals surface area contributed by atoms with Crippen LogP contribution in [-0.4, -0.2) is 22.8 Å². The highest BCUT2D eigenvalue weighted by atomic mass is 32.2. The first-order valence-corrected chi connectivity index (χ1v) is 7.03. The molecule has 0 amide bonds. The molecule has 0 heterocycles. The number of rotatable bonds is 3. The molecule has 3 N–H and O–H groups in total. The van der Waals surface area contributed by atoms with Gasteiger partial charge in [0, 0.05) is 0 Å². The summed E-state index contributed by atoms with van der Waals surface area (Å²) >= 11 is 0. The number of benzene rings is 1. The largest absolute Gasteiger partial charge is 0.329 e. The van der Waals surface area contributed by atoms with Crippen LogP contribution in [0.3, 0.4) is 0 Å². The van der Waals surface area contributed by atoms with Crippen molar-refractivity contribution < 1.29 is 27.3 Å². The average molecular weight is 252 g/mol. The Morgan fingerprint density at radius 1 is 1.13 bits per heavy atom. The minimum atomic E-state index is -4.26. The van der Waals surface area contributed by atoms with E-state index in [1.807, 2.05) is 0 Å². The zero-order valence-corrected chi connectivity index (χ0v) is 9.15. The van der Waals surface area contributed by atoms with Crippen molar-refractivity contribution in [3.63, 3.8) is 0 Å². The Bertz CT molecular complexity index is 485. The summed E-state index contributed by atoms with van der Waals surface area (Å²) in [5, 5.41) is 0. The average Bonchev–Trinajstić information content (AvgIpc) is 2.00. The van der Waals surface area contributed by atoms with Crippen molar-refractivity contribution in [1.29, 1.82) is 0 Å². The van der Waals surface area contributed by atoms with Gasteiger partial charge in [-0.25, -0.2) is 0 Å². The van der Waals surface area contributed by atoms with Gasteiger partial charge in [0.15, 0.2) is 0 Å². The number of hydrogen-bond acceptors (Lipinski definition) is 3. The lowest BCUT2D eigenvalue weighted by atomic mass is 10.2. The van der Waals surface area contributed by atoms with Gasteiger partial charge in [0.2, 0.25) is 0 Å². The standard InChI is InChI=1S/C7H9O6PS/c8-14(9,10)5-6-1-3-7(4-2-6)15(11,12)13/h1-4H,5H2,(H2,8,9,10)(H,11,12,13). The highest BCUT2D eigenvalue weighted by Crippen LogP contribution is 2.38. The summed E-state index contributed by atoms with van der Waals surface area (Å²) in [6.45, 7) is 0. The highest BCUT2D eigenvalue weighted by Gasteiger charge is 2.15. The van der Waals surface area contributed by atoms with Crippen molar-refractivity contribution in [2.24, 2.45) is 0 Å².